The summed E-state index contributed by atoms with van der Waals surface area (Å²) in [6.07, 6.45) is 0. The average molecular weight is 202 g/mol. The van der Waals surface area contributed by atoms with Crippen molar-refractivity contribution in [2.75, 3.05) is 0 Å². The van der Waals surface area contributed by atoms with E-state index in [0.29, 0.717) is 16.7 Å². The van der Waals surface area contributed by atoms with Gasteiger partial charge in [-0.15, -0.1) is 0 Å². The van der Waals surface area contributed by atoms with Crippen molar-refractivity contribution in [3.63, 3.8) is 0 Å². The van der Waals surface area contributed by atoms with Gasteiger partial charge in [-0.1, -0.05) is 30.3 Å². The Morgan fingerprint density at radius 2 is 1.80 bits per heavy atom. The second-order valence-electron chi connectivity index (χ2n) is 3.48. The quantitative estimate of drug-likeness (QED) is 0.750. The molecule has 0 radical (unpaired) electrons. The third-order valence-electron chi connectivity index (χ3n) is 2.39. The van der Waals surface area contributed by atoms with Crippen LogP contribution >= 0.6 is 0 Å². The van der Waals surface area contributed by atoms with Crippen LogP contribution in [0.2, 0.25) is 0 Å². The summed E-state index contributed by atoms with van der Waals surface area (Å²) in [7, 11) is 0. The molecule has 0 bridgehead atoms. The van der Waals surface area contributed by atoms with E-state index in [1.807, 2.05) is 6.07 Å². The van der Waals surface area contributed by atoms with Crippen LogP contribution in [0.4, 0.5) is 4.39 Å². The predicted octanol–water partition coefficient (Wildman–Crippen LogP) is 3.51. The summed E-state index contributed by atoms with van der Waals surface area (Å²) in [6, 6.07) is 11.8. The van der Waals surface area contributed by atoms with Crippen LogP contribution in [0.15, 0.2) is 42.5 Å². The lowest BCUT2D eigenvalue weighted by atomic mass is 10.0. The zero-order valence-corrected chi connectivity index (χ0v) is 8.37. The number of hydrogen-bond donors (Lipinski definition) is 1. The number of rotatable bonds is 1. The Balaban J connectivity index is 2.55. The molecule has 0 atom stereocenters. The van der Waals surface area contributed by atoms with Gasteiger partial charge in [0.2, 0.25) is 0 Å². The van der Waals surface area contributed by atoms with Crippen LogP contribution < -0.4 is 0 Å². The summed E-state index contributed by atoms with van der Waals surface area (Å²) in [5.41, 5.74) is 1.95. The highest BCUT2D eigenvalue weighted by atomic mass is 19.1. The number of aryl methyl sites for hydroxylation is 1. The van der Waals surface area contributed by atoms with Gasteiger partial charge >= 0.3 is 0 Å². The fourth-order valence-electron chi connectivity index (χ4n) is 1.48. The van der Waals surface area contributed by atoms with E-state index in [1.54, 1.807) is 37.3 Å². The summed E-state index contributed by atoms with van der Waals surface area (Å²) in [6.45, 7) is 1.71. The van der Waals surface area contributed by atoms with Crippen molar-refractivity contribution >= 4 is 0 Å². The Hall–Kier alpha value is -1.83. The van der Waals surface area contributed by atoms with Crippen LogP contribution in [0, 0.1) is 12.7 Å². The molecule has 76 valence electrons. The Bertz CT molecular complexity index is 492. The van der Waals surface area contributed by atoms with E-state index in [2.05, 4.69) is 0 Å². The number of halogens is 1. The molecule has 2 heteroatoms. The van der Waals surface area contributed by atoms with Gasteiger partial charge in [0.15, 0.2) is 0 Å². The van der Waals surface area contributed by atoms with E-state index >= 15 is 0 Å². The van der Waals surface area contributed by atoms with Gasteiger partial charge in [0.05, 0.1) is 0 Å². The highest BCUT2D eigenvalue weighted by molar-refractivity contribution is 5.70. The first-order chi connectivity index (χ1) is 7.18. The molecule has 0 aliphatic rings. The number of phenolic OH excluding ortho intramolecular Hbond substituents is 1. The molecule has 2 aromatic carbocycles. The van der Waals surface area contributed by atoms with Gasteiger partial charge in [-0.2, -0.15) is 0 Å². The van der Waals surface area contributed by atoms with Crippen molar-refractivity contribution < 1.29 is 9.50 Å². The minimum atomic E-state index is -0.254. The third kappa shape index (κ3) is 1.84. The largest absolute Gasteiger partial charge is 0.507 e. The molecule has 1 nitrogen and oxygen atoms in total. The maximum Gasteiger partial charge on any atom is 0.126 e. The molecule has 0 heterocycles. The van der Waals surface area contributed by atoms with Crippen LogP contribution in [-0.4, -0.2) is 5.11 Å². The smallest absolute Gasteiger partial charge is 0.126 e. The first-order valence-corrected chi connectivity index (χ1v) is 4.73. The van der Waals surface area contributed by atoms with Gasteiger partial charge < -0.3 is 5.11 Å². The molecule has 0 aliphatic heterocycles. The van der Waals surface area contributed by atoms with Gasteiger partial charge in [0.1, 0.15) is 11.6 Å². The molecule has 0 amide bonds. The van der Waals surface area contributed by atoms with Crippen LogP contribution in [0.3, 0.4) is 0 Å². The topological polar surface area (TPSA) is 20.2 Å². The molecule has 0 unspecified atom stereocenters. The van der Waals surface area contributed by atoms with Crippen molar-refractivity contribution in [2.45, 2.75) is 6.92 Å². The maximum atomic E-state index is 13.3. The number of benzene rings is 2. The molecule has 2 rings (SSSR count). The summed E-state index contributed by atoms with van der Waals surface area (Å²) in [4.78, 5) is 0. The van der Waals surface area contributed by atoms with E-state index in [4.69, 9.17) is 0 Å². The lowest BCUT2D eigenvalue weighted by Gasteiger charge is -2.05. The van der Waals surface area contributed by atoms with E-state index < -0.39 is 0 Å². The van der Waals surface area contributed by atoms with Gasteiger partial charge in [0.25, 0.3) is 0 Å². The Morgan fingerprint density at radius 3 is 2.47 bits per heavy atom. The van der Waals surface area contributed by atoms with Crippen LogP contribution in [0.25, 0.3) is 11.1 Å². The number of hydrogen-bond acceptors (Lipinski definition) is 1. The van der Waals surface area contributed by atoms with Crippen LogP contribution in [0.1, 0.15) is 5.56 Å². The molecule has 0 saturated heterocycles. The molecule has 0 spiro atoms. The predicted molar refractivity (Wildman–Crippen MR) is 58.2 cm³/mol. The maximum absolute atomic E-state index is 13.3. The Labute approximate surface area is 87.8 Å². The molecule has 0 aliphatic carbocycles. The van der Waals surface area contributed by atoms with Gasteiger partial charge in [-0.05, 0) is 30.2 Å². The van der Waals surface area contributed by atoms with Crippen molar-refractivity contribution in [3.05, 3.63) is 53.8 Å². The molecule has 15 heavy (non-hydrogen) atoms. The fraction of sp³-hybridized carbons (Fsp3) is 0.0769. The lowest BCUT2D eigenvalue weighted by molar-refractivity contribution is 0.477. The minimum Gasteiger partial charge on any atom is -0.507 e. The monoisotopic (exact) mass is 202 g/mol. The molecule has 0 aromatic heterocycles. The summed E-state index contributed by atoms with van der Waals surface area (Å²) < 4.78 is 13.3. The standard InChI is InChI=1S/C13H11FO/c1-9-6-7-10(8-12(9)14)11-4-2-3-5-13(11)15/h2-8,15H,1H3. The lowest BCUT2D eigenvalue weighted by Crippen LogP contribution is -1.84. The van der Waals surface area contributed by atoms with E-state index in [9.17, 15) is 9.50 Å². The van der Waals surface area contributed by atoms with E-state index in [-0.39, 0.29) is 11.6 Å². The summed E-state index contributed by atoms with van der Waals surface area (Å²) >= 11 is 0. The van der Waals surface area contributed by atoms with Crippen molar-refractivity contribution in [3.8, 4) is 16.9 Å². The molecule has 1 N–H and O–H groups in total. The van der Waals surface area contributed by atoms with Crippen molar-refractivity contribution in [2.24, 2.45) is 0 Å². The molecular weight excluding hydrogens is 191 g/mol. The molecule has 0 fully saturated rings. The van der Waals surface area contributed by atoms with Crippen LogP contribution in [-0.2, 0) is 0 Å². The van der Waals surface area contributed by atoms with Crippen molar-refractivity contribution in [1.82, 2.24) is 0 Å². The average Bonchev–Trinajstić information content (AvgIpc) is 2.23. The van der Waals surface area contributed by atoms with Gasteiger partial charge in [-0.25, -0.2) is 4.39 Å². The molecule has 2 aromatic rings. The third-order valence-corrected chi connectivity index (χ3v) is 2.39. The number of aromatic hydroxyl groups is 1. The summed E-state index contributed by atoms with van der Waals surface area (Å²) in [5.74, 6) is -0.0866. The SMILES string of the molecule is Cc1ccc(-c2ccccc2O)cc1F. The zero-order valence-electron chi connectivity index (χ0n) is 8.37. The first-order valence-electron chi connectivity index (χ1n) is 4.73. The number of para-hydroxylation sites is 1. The minimum absolute atomic E-state index is 0.167. The highest BCUT2D eigenvalue weighted by Gasteiger charge is 2.05. The van der Waals surface area contributed by atoms with Crippen LogP contribution in [0.5, 0.6) is 5.75 Å². The Morgan fingerprint density at radius 1 is 1.07 bits per heavy atom. The fourth-order valence-corrected chi connectivity index (χ4v) is 1.48. The van der Waals surface area contributed by atoms with Gasteiger partial charge in [0, 0.05) is 5.56 Å². The van der Waals surface area contributed by atoms with Gasteiger partial charge in [-0.3, -0.25) is 0 Å². The zero-order chi connectivity index (χ0) is 10.8. The second kappa shape index (κ2) is 3.73. The number of phenols is 1. The summed E-state index contributed by atoms with van der Waals surface area (Å²) in [5, 5.41) is 9.60. The Kier molecular flexibility index (Phi) is 2.42. The highest BCUT2D eigenvalue weighted by Crippen LogP contribution is 2.29. The molecular formula is C13H11FO. The first kappa shape index (κ1) is 9.71. The second-order valence-corrected chi connectivity index (χ2v) is 3.48. The molecule has 0 saturated carbocycles. The van der Waals surface area contributed by atoms with Crippen molar-refractivity contribution in [1.29, 1.82) is 0 Å². The normalized spacial score (nSPS) is 10.3. The van der Waals surface area contributed by atoms with E-state index in [0.717, 1.165) is 0 Å². The van der Waals surface area contributed by atoms with E-state index in [1.165, 1.54) is 6.07 Å².